The zero-order valence-corrected chi connectivity index (χ0v) is 6.79. The van der Waals surface area contributed by atoms with E-state index < -0.39 is 0 Å². The fraction of sp³-hybridized carbons (Fsp3) is 0.333. The van der Waals surface area contributed by atoms with Crippen molar-refractivity contribution in [2.75, 3.05) is 6.54 Å². The lowest BCUT2D eigenvalue weighted by Crippen LogP contribution is -2.31. The number of aromatic nitrogens is 5. The standard InChI is InChI=1S/C6H8N6O/c7-1-2-12-6(13)11-4-8-3-5(11)9-10-12/h3-4H,1-2,7H2. The Balaban J connectivity index is 2.67. The second kappa shape index (κ2) is 2.94. The van der Waals surface area contributed by atoms with Crippen molar-refractivity contribution in [2.45, 2.75) is 6.54 Å². The largest absolute Gasteiger partial charge is 0.352 e. The predicted molar refractivity (Wildman–Crippen MR) is 44.1 cm³/mol. The van der Waals surface area contributed by atoms with Gasteiger partial charge in [-0.15, -0.1) is 5.10 Å². The molecule has 0 aliphatic carbocycles. The fourth-order valence-corrected chi connectivity index (χ4v) is 1.03. The van der Waals surface area contributed by atoms with E-state index in [0.29, 0.717) is 18.7 Å². The summed E-state index contributed by atoms with van der Waals surface area (Å²) < 4.78 is 2.53. The Morgan fingerprint density at radius 3 is 3.15 bits per heavy atom. The summed E-state index contributed by atoms with van der Waals surface area (Å²) in [5.41, 5.74) is 5.47. The van der Waals surface area contributed by atoms with Gasteiger partial charge in [-0.1, -0.05) is 5.21 Å². The van der Waals surface area contributed by atoms with E-state index in [1.165, 1.54) is 21.6 Å². The topological polar surface area (TPSA) is 91.1 Å². The molecule has 0 amide bonds. The molecule has 2 heterocycles. The lowest BCUT2D eigenvalue weighted by atomic mass is 10.6. The van der Waals surface area contributed by atoms with Gasteiger partial charge in [0.05, 0.1) is 12.7 Å². The summed E-state index contributed by atoms with van der Waals surface area (Å²) in [5, 5.41) is 7.46. The average molecular weight is 180 g/mol. The number of rotatable bonds is 2. The molecule has 0 atom stereocenters. The van der Waals surface area contributed by atoms with Gasteiger partial charge < -0.3 is 5.73 Å². The molecule has 13 heavy (non-hydrogen) atoms. The highest BCUT2D eigenvalue weighted by atomic mass is 16.2. The van der Waals surface area contributed by atoms with Crippen molar-refractivity contribution in [3.05, 3.63) is 23.0 Å². The van der Waals surface area contributed by atoms with Crippen molar-refractivity contribution in [3.63, 3.8) is 0 Å². The normalized spacial score (nSPS) is 10.8. The molecule has 0 aromatic carbocycles. The van der Waals surface area contributed by atoms with E-state index in [2.05, 4.69) is 15.3 Å². The maximum absolute atomic E-state index is 11.5. The van der Waals surface area contributed by atoms with Gasteiger partial charge in [-0.3, -0.25) is 0 Å². The third kappa shape index (κ3) is 1.18. The Morgan fingerprint density at radius 2 is 2.38 bits per heavy atom. The minimum atomic E-state index is -0.270. The number of nitrogens with zero attached hydrogens (tertiary/aromatic N) is 5. The van der Waals surface area contributed by atoms with Crippen LogP contribution in [0.2, 0.25) is 0 Å². The summed E-state index contributed by atoms with van der Waals surface area (Å²) in [4.78, 5) is 15.3. The lowest BCUT2D eigenvalue weighted by molar-refractivity contribution is 0.525. The quantitative estimate of drug-likeness (QED) is 0.591. The lowest BCUT2D eigenvalue weighted by Gasteiger charge is -1.99. The van der Waals surface area contributed by atoms with Crippen LogP contribution in [-0.4, -0.2) is 30.9 Å². The third-order valence-electron chi connectivity index (χ3n) is 1.64. The summed E-state index contributed by atoms with van der Waals surface area (Å²) in [7, 11) is 0. The van der Waals surface area contributed by atoms with Crippen LogP contribution in [0.3, 0.4) is 0 Å². The summed E-state index contributed by atoms with van der Waals surface area (Å²) in [5.74, 6) is 0. The van der Waals surface area contributed by atoms with Gasteiger partial charge in [0.1, 0.15) is 6.33 Å². The Labute approximate surface area is 72.8 Å². The second-order valence-electron chi connectivity index (χ2n) is 2.51. The molecule has 0 saturated heterocycles. The highest BCUT2D eigenvalue weighted by molar-refractivity contribution is 5.30. The van der Waals surface area contributed by atoms with Crippen molar-refractivity contribution < 1.29 is 0 Å². The first-order chi connectivity index (χ1) is 6.33. The second-order valence-corrected chi connectivity index (χ2v) is 2.51. The predicted octanol–water partition coefficient (Wildman–Crippen LogP) is -1.76. The molecule has 0 saturated carbocycles. The van der Waals surface area contributed by atoms with Crippen molar-refractivity contribution in [1.82, 2.24) is 24.4 Å². The molecule has 68 valence electrons. The molecule has 0 fully saturated rings. The zero-order chi connectivity index (χ0) is 9.26. The van der Waals surface area contributed by atoms with Crippen LogP contribution in [0, 0.1) is 0 Å². The van der Waals surface area contributed by atoms with Gasteiger partial charge in [0.15, 0.2) is 5.65 Å². The molecule has 2 aromatic rings. The highest BCUT2D eigenvalue weighted by Crippen LogP contribution is 1.88. The van der Waals surface area contributed by atoms with Crippen LogP contribution in [0.15, 0.2) is 17.3 Å². The highest BCUT2D eigenvalue weighted by Gasteiger charge is 2.02. The Hall–Kier alpha value is -1.76. The minimum Gasteiger partial charge on any atom is -0.329 e. The smallest absolute Gasteiger partial charge is 0.329 e. The molecule has 0 aliphatic heterocycles. The number of nitrogens with two attached hydrogens (primary N) is 1. The summed E-state index contributed by atoms with van der Waals surface area (Å²) in [6, 6.07) is 0. The SMILES string of the molecule is NCCn1nnc2cncn2c1=O. The first-order valence-electron chi connectivity index (χ1n) is 3.79. The van der Waals surface area contributed by atoms with Gasteiger partial charge in [0.25, 0.3) is 0 Å². The van der Waals surface area contributed by atoms with Crippen molar-refractivity contribution in [3.8, 4) is 0 Å². The molecular formula is C6H8N6O. The van der Waals surface area contributed by atoms with Gasteiger partial charge in [0.2, 0.25) is 0 Å². The molecule has 2 N–H and O–H groups in total. The minimum absolute atomic E-state index is 0.270. The van der Waals surface area contributed by atoms with Crippen LogP contribution >= 0.6 is 0 Å². The number of hydrogen-bond donors (Lipinski definition) is 1. The monoisotopic (exact) mass is 180 g/mol. The van der Waals surface area contributed by atoms with Crippen LogP contribution in [0.25, 0.3) is 5.65 Å². The summed E-state index contributed by atoms with van der Waals surface area (Å²) in [6.45, 7) is 0.717. The van der Waals surface area contributed by atoms with Gasteiger partial charge in [-0.25, -0.2) is 14.2 Å². The first-order valence-corrected chi connectivity index (χ1v) is 3.79. The first kappa shape index (κ1) is 7.87. The van der Waals surface area contributed by atoms with E-state index >= 15 is 0 Å². The maximum atomic E-state index is 11.5. The molecule has 2 aromatic heterocycles. The summed E-state index contributed by atoms with van der Waals surface area (Å²) in [6.07, 6.45) is 2.88. The van der Waals surface area contributed by atoms with Crippen LogP contribution < -0.4 is 11.4 Å². The van der Waals surface area contributed by atoms with Crippen LogP contribution in [0.5, 0.6) is 0 Å². The molecule has 7 heteroatoms. The van der Waals surface area contributed by atoms with Crippen LogP contribution in [0.1, 0.15) is 0 Å². The number of fused-ring (bicyclic) bond motifs is 1. The molecule has 0 bridgehead atoms. The Morgan fingerprint density at radius 1 is 1.54 bits per heavy atom. The number of hydrogen-bond acceptors (Lipinski definition) is 5. The van der Waals surface area contributed by atoms with E-state index in [1.54, 1.807) is 0 Å². The van der Waals surface area contributed by atoms with E-state index in [9.17, 15) is 4.79 Å². The molecule has 2 rings (SSSR count). The van der Waals surface area contributed by atoms with Crippen molar-refractivity contribution >= 4 is 5.65 Å². The van der Waals surface area contributed by atoms with Gasteiger partial charge >= 0.3 is 5.69 Å². The molecule has 0 spiro atoms. The number of imidazole rings is 1. The molecule has 0 unspecified atom stereocenters. The van der Waals surface area contributed by atoms with Gasteiger partial charge in [-0.05, 0) is 0 Å². The Bertz CT molecular complexity index is 471. The van der Waals surface area contributed by atoms with Crippen LogP contribution in [-0.2, 0) is 6.54 Å². The third-order valence-corrected chi connectivity index (χ3v) is 1.64. The molecule has 0 radical (unpaired) electrons. The van der Waals surface area contributed by atoms with E-state index in [4.69, 9.17) is 5.73 Å². The molecule has 7 nitrogen and oxygen atoms in total. The van der Waals surface area contributed by atoms with Gasteiger partial charge in [0, 0.05) is 6.54 Å². The maximum Gasteiger partial charge on any atom is 0.352 e. The molecular weight excluding hydrogens is 172 g/mol. The molecule has 0 aliphatic rings. The zero-order valence-electron chi connectivity index (χ0n) is 6.79. The Kier molecular flexibility index (Phi) is 1.78. The van der Waals surface area contributed by atoms with Crippen molar-refractivity contribution in [1.29, 1.82) is 0 Å². The van der Waals surface area contributed by atoms with Crippen molar-refractivity contribution in [2.24, 2.45) is 5.73 Å². The van der Waals surface area contributed by atoms with Crippen LogP contribution in [0.4, 0.5) is 0 Å². The average Bonchev–Trinajstić information content (AvgIpc) is 2.58. The summed E-state index contributed by atoms with van der Waals surface area (Å²) >= 11 is 0. The van der Waals surface area contributed by atoms with Gasteiger partial charge in [-0.2, -0.15) is 4.68 Å². The van der Waals surface area contributed by atoms with E-state index in [-0.39, 0.29) is 5.69 Å². The van der Waals surface area contributed by atoms with E-state index in [1.807, 2.05) is 0 Å². The van der Waals surface area contributed by atoms with E-state index in [0.717, 1.165) is 0 Å². The fourth-order valence-electron chi connectivity index (χ4n) is 1.03.